The number of likely N-dealkylation sites (N-methyl/N-ethyl adjacent to an activating group) is 1. The van der Waals surface area contributed by atoms with Crippen molar-refractivity contribution >= 4 is 29.9 Å². The second-order valence-corrected chi connectivity index (χ2v) is 9.10. The average Bonchev–Trinajstić information content (AvgIpc) is 2.62. The molecule has 2 N–H and O–H groups in total. The average molecular weight is 496 g/mol. The first-order chi connectivity index (χ1) is 12.3. The highest BCUT2D eigenvalue weighted by Gasteiger charge is 2.36. The quantitative estimate of drug-likeness (QED) is 0.348. The molecule has 0 aromatic heterocycles. The Hall–Kier alpha value is -0.120. The highest BCUT2D eigenvalue weighted by Crippen LogP contribution is 2.33. The van der Waals surface area contributed by atoms with Crippen LogP contribution in [0.15, 0.2) is 4.99 Å². The summed E-state index contributed by atoms with van der Waals surface area (Å²) < 4.78 is 11.7. The Bertz CT molecular complexity index is 459. The summed E-state index contributed by atoms with van der Waals surface area (Å²) in [6, 6.07) is 0. The van der Waals surface area contributed by atoms with Crippen molar-refractivity contribution in [3.63, 3.8) is 0 Å². The van der Waals surface area contributed by atoms with Gasteiger partial charge in [-0.15, -0.1) is 24.0 Å². The Morgan fingerprint density at radius 2 is 1.81 bits per heavy atom. The standard InChI is InChI=1S/C20H40N4O2.HI/c1-19(2,3)17-16(8-7-11-26-17)14-22-18(21-4)23-15-20(24(5)6)9-12-25-13-10-20;/h16-17H,7-15H2,1-6H3,(H2,21,22,23);1H. The van der Waals surface area contributed by atoms with Gasteiger partial charge in [-0.2, -0.15) is 0 Å². The van der Waals surface area contributed by atoms with Gasteiger partial charge in [-0.25, -0.2) is 0 Å². The summed E-state index contributed by atoms with van der Waals surface area (Å²) in [6.45, 7) is 11.2. The van der Waals surface area contributed by atoms with E-state index in [9.17, 15) is 0 Å². The lowest BCUT2D eigenvalue weighted by atomic mass is 9.78. The fraction of sp³-hybridized carbons (Fsp3) is 0.950. The second-order valence-electron chi connectivity index (χ2n) is 9.10. The van der Waals surface area contributed by atoms with E-state index in [0.29, 0.717) is 12.0 Å². The van der Waals surface area contributed by atoms with Gasteiger partial charge in [-0.05, 0) is 45.2 Å². The summed E-state index contributed by atoms with van der Waals surface area (Å²) in [4.78, 5) is 6.77. The summed E-state index contributed by atoms with van der Waals surface area (Å²) >= 11 is 0. The molecule has 2 atom stereocenters. The minimum Gasteiger partial charge on any atom is -0.381 e. The molecule has 0 spiro atoms. The molecule has 0 aromatic rings. The largest absolute Gasteiger partial charge is 0.381 e. The Morgan fingerprint density at radius 3 is 2.37 bits per heavy atom. The fourth-order valence-corrected chi connectivity index (χ4v) is 4.24. The third-order valence-electron chi connectivity index (χ3n) is 6.01. The maximum Gasteiger partial charge on any atom is 0.191 e. The molecule has 160 valence electrons. The van der Waals surface area contributed by atoms with Crippen molar-refractivity contribution in [2.24, 2.45) is 16.3 Å². The van der Waals surface area contributed by atoms with Gasteiger partial charge in [0, 0.05) is 51.4 Å². The highest BCUT2D eigenvalue weighted by atomic mass is 127. The van der Waals surface area contributed by atoms with Crippen molar-refractivity contribution in [3.05, 3.63) is 0 Å². The molecule has 0 amide bonds. The van der Waals surface area contributed by atoms with Gasteiger partial charge in [0.05, 0.1) is 6.10 Å². The number of halogens is 1. The van der Waals surface area contributed by atoms with E-state index in [1.165, 1.54) is 6.42 Å². The smallest absolute Gasteiger partial charge is 0.191 e. The van der Waals surface area contributed by atoms with Gasteiger partial charge in [-0.3, -0.25) is 4.99 Å². The first kappa shape index (κ1) is 24.9. The fourth-order valence-electron chi connectivity index (χ4n) is 4.24. The highest BCUT2D eigenvalue weighted by molar-refractivity contribution is 14.0. The maximum atomic E-state index is 6.10. The van der Waals surface area contributed by atoms with E-state index < -0.39 is 0 Å². The van der Waals surface area contributed by atoms with E-state index in [4.69, 9.17) is 9.47 Å². The van der Waals surface area contributed by atoms with Crippen LogP contribution in [-0.4, -0.2) is 76.6 Å². The number of ether oxygens (including phenoxy) is 2. The van der Waals surface area contributed by atoms with Crippen LogP contribution in [0.3, 0.4) is 0 Å². The zero-order chi connectivity index (χ0) is 19.2. The van der Waals surface area contributed by atoms with Gasteiger partial charge in [0.1, 0.15) is 0 Å². The number of guanidine groups is 1. The van der Waals surface area contributed by atoms with Crippen molar-refractivity contribution in [1.29, 1.82) is 0 Å². The molecule has 6 nitrogen and oxygen atoms in total. The molecule has 0 radical (unpaired) electrons. The maximum absolute atomic E-state index is 6.10. The summed E-state index contributed by atoms with van der Waals surface area (Å²) in [7, 11) is 6.17. The van der Waals surface area contributed by atoms with Gasteiger partial charge in [0.25, 0.3) is 0 Å². The minimum atomic E-state index is 0. The molecule has 7 heteroatoms. The molecule has 0 aliphatic carbocycles. The lowest BCUT2D eigenvalue weighted by molar-refractivity contribution is -0.0835. The van der Waals surface area contributed by atoms with Crippen LogP contribution >= 0.6 is 24.0 Å². The topological polar surface area (TPSA) is 58.1 Å². The number of nitrogens with zero attached hydrogens (tertiary/aromatic N) is 2. The molecular weight excluding hydrogens is 455 g/mol. The van der Waals surface area contributed by atoms with Crippen LogP contribution < -0.4 is 10.6 Å². The number of hydrogen-bond acceptors (Lipinski definition) is 4. The molecule has 2 rings (SSSR count). The predicted octanol–water partition coefficient (Wildman–Crippen LogP) is 2.72. The second kappa shape index (κ2) is 11.2. The first-order valence-electron chi connectivity index (χ1n) is 10.1. The van der Waals surface area contributed by atoms with Gasteiger partial charge < -0.3 is 25.0 Å². The summed E-state index contributed by atoms with van der Waals surface area (Å²) in [6.07, 6.45) is 4.75. The van der Waals surface area contributed by atoms with E-state index in [1.807, 2.05) is 7.05 Å². The monoisotopic (exact) mass is 496 g/mol. The molecular formula is C20H41IN4O2. The van der Waals surface area contributed by atoms with Crippen LogP contribution in [0, 0.1) is 11.3 Å². The van der Waals surface area contributed by atoms with Crippen molar-refractivity contribution in [2.75, 3.05) is 54.1 Å². The zero-order valence-corrected chi connectivity index (χ0v) is 20.5. The Kier molecular flexibility index (Phi) is 10.3. The minimum absolute atomic E-state index is 0. The van der Waals surface area contributed by atoms with Crippen molar-refractivity contribution < 1.29 is 9.47 Å². The van der Waals surface area contributed by atoms with E-state index in [0.717, 1.165) is 58.1 Å². The Morgan fingerprint density at radius 1 is 1.15 bits per heavy atom. The van der Waals surface area contributed by atoms with Gasteiger partial charge in [0.15, 0.2) is 5.96 Å². The molecule has 2 aliphatic rings. The van der Waals surface area contributed by atoms with E-state index in [1.54, 1.807) is 0 Å². The number of aliphatic imine (C=N–C) groups is 1. The summed E-state index contributed by atoms with van der Waals surface area (Å²) in [5, 5.41) is 7.10. The van der Waals surface area contributed by atoms with Gasteiger partial charge in [0.2, 0.25) is 0 Å². The molecule has 0 bridgehead atoms. The van der Waals surface area contributed by atoms with Crippen molar-refractivity contribution in [2.45, 2.75) is 58.1 Å². The lowest BCUT2D eigenvalue weighted by Gasteiger charge is -2.43. The molecule has 2 aliphatic heterocycles. The summed E-state index contributed by atoms with van der Waals surface area (Å²) in [5.41, 5.74) is 0.304. The van der Waals surface area contributed by atoms with Crippen molar-refractivity contribution in [1.82, 2.24) is 15.5 Å². The number of nitrogens with one attached hydrogen (secondary N) is 2. The molecule has 2 saturated heterocycles. The zero-order valence-electron chi connectivity index (χ0n) is 18.1. The Labute approximate surface area is 183 Å². The predicted molar refractivity (Wildman–Crippen MR) is 123 cm³/mol. The van der Waals surface area contributed by atoms with Crippen LogP contribution in [0.4, 0.5) is 0 Å². The number of rotatable bonds is 5. The third-order valence-corrected chi connectivity index (χ3v) is 6.01. The SMILES string of the molecule is CN=C(NCC1CCCOC1C(C)(C)C)NCC1(N(C)C)CCOCC1.I. The molecule has 2 heterocycles. The van der Waals surface area contributed by atoms with Crippen LogP contribution in [-0.2, 0) is 9.47 Å². The Balaban J connectivity index is 0.00000364. The lowest BCUT2D eigenvalue weighted by Crippen LogP contribution is -2.57. The molecule has 2 unspecified atom stereocenters. The normalized spacial score (nSPS) is 26.4. The van der Waals surface area contributed by atoms with Crippen molar-refractivity contribution in [3.8, 4) is 0 Å². The molecule has 0 saturated carbocycles. The molecule has 27 heavy (non-hydrogen) atoms. The number of hydrogen-bond donors (Lipinski definition) is 2. The molecule has 0 aromatic carbocycles. The van der Waals surface area contributed by atoms with Crippen LogP contribution in [0.25, 0.3) is 0 Å². The molecule has 2 fully saturated rings. The van der Waals surface area contributed by atoms with Gasteiger partial charge in [-0.1, -0.05) is 20.8 Å². The first-order valence-corrected chi connectivity index (χ1v) is 10.1. The van der Waals surface area contributed by atoms with Crippen LogP contribution in [0.2, 0.25) is 0 Å². The van der Waals surface area contributed by atoms with E-state index in [-0.39, 0.29) is 34.9 Å². The van der Waals surface area contributed by atoms with E-state index in [2.05, 4.69) is 55.4 Å². The summed E-state index contributed by atoms with van der Waals surface area (Å²) in [5.74, 6) is 1.41. The van der Waals surface area contributed by atoms with Crippen LogP contribution in [0.5, 0.6) is 0 Å². The van der Waals surface area contributed by atoms with E-state index >= 15 is 0 Å². The third kappa shape index (κ3) is 7.01. The van der Waals surface area contributed by atoms with Gasteiger partial charge >= 0.3 is 0 Å². The van der Waals surface area contributed by atoms with Crippen LogP contribution in [0.1, 0.15) is 46.5 Å².